The van der Waals surface area contributed by atoms with Crippen LogP contribution in [0.25, 0.3) is 11.0 Å². The van der Waals surface area contributed by atoms with Gasteiger partial charge in [-0.15, -0.1) is 0 Å². The summed E-state index contributed by atoms with van der Waals surface area (Å²) in [6.07, 6.45) is 3.63. The van der Waals surface area contributed by atoms with Crippen LogP contribution in [0.3, 0.4) is 0 Å². The van der Waals surface area contributed by atoms with Gasteiger partial charge in [-0.1, -0.05) is 12.1 Å². The second kappa shape index (κ2) is 7.15. The molecule has 1 aliphatic rings. The maximum atomic E-state index is 13.0. The van der Waals surface area contributed by atoms with E-state index in [0.29, 0.717) is 24.6 Å². The van der Waals surface area contributed by atoms with Gasteiger partial charge in [0.15, 0.2) is 0 Å². The van der Waals surface area contributed by atoms with Crippen molar-refractivity contribution < 1.29 is 9.53 Å². The molecule has 0 bridgehead atoms. The number of piperidine rings is 1. The van der Waals surface area contributed by atoms with Crippen molar-refractivity contribution in [1.82, 2.24) is 19.9 Å². The molecule has 2 aromatic heterocycles. The van der Waals surface area contributed by atoms with Crippen molar-refractivity contribution in [1.29, 1.82) is 0 Å². The van der Waals surface area contributed by atoms with Crippen LogP contribution >= 0.6 is 0 Å². The van der Waals surface area contributed by atoms with E-state index in [1.807, 2.05) is 36.1 Å². The number of nitrogens with one attached hydrogen (secondary N) is 1. The van der Waals surface area contributed by atoms with E-state index in [4.69, 9.17) is 9.72 Å². The molecule has 0 aliphatic carbocycles. The Morgan fingerprint density at radius 1 is 1.31 bits per heavy atom. The third-order valence-corrected chi connectivity index (χ3v) is 4.79. The molecule has 134 valence electrons. The van der Waals surface area contributed by atoms with Crippen LogP contribution in [0.4, 0.5) is 0 Å². The topological polar surface area (TPSA) is 71.1 Å². The third-order valence-electron chi connectivity index (χ3n) is 4.79. The fraction of sp³-hybridized carbons (Fsp3) is 0.350. The molecule has 0 saturated carbocycles. The molecule has 0 unspecified atom stereocenters. The molecule has 1 saturated heterocycles. The molecule has 1 aromatic carbocycles. The lowest BCUT2D eigenvalue weighted by Gasteiger charge is -2.32. The van der Waals surface area contributed by atoms with Crippen LogP contribution in [0.2, 0.25) is 0 Å². The number of benzene rings is 1. The van der Waals surface area contributed by atoms with Crippen LogP contribution in [0.15, 0.2) is 42.6 Å². The predicted molar refractivity (Wildman–Crippen MR) is 99.4 cm³/mol. The summed E-state index contributed by atoms with van der Waals surface area (Å²) in [4.78, 5) is 27.2. The lowest BCUT2D eigenvalue weighted by molar-refractivity contribution is 0.0700. The first-order valence-corrected chi connectivity index (χ1v) is 9.08. The lowest BCUT2D eigenvalue weighted by atomic mass is 9.97. The Morgan fingerprint density at radius 2 is 2.19 bits per heavy atom. The number of carbonyl (C=O) groups excluding carboxylic acids is 1. The molecule has 4 rings (SSSR count). The molecule has 6 heteroatoms. The largest absolute Gasteiger partial charge is 0.477 e. The fourth-order valence-corrected chi connectivity index (χ4v) is 3.53. The summed E-state index contributed by atoms with van der Waals surface area (Å²) in [6, 6.07) is 11.6. The first kappa shape index (κ1) is 16.6. The molecular formula is C20H22N4O2. The zero-order chi connectivity index (χ0) is 17.9. The van der Waals surface area contributed by atoms with Gasteiger partial charge in [0, 0.05) is 25.2 Å². The van der Waals surface area contributed by atoms with E-state index in [-0.39, 0.29) is 11.8 Å². The SMILES string of the molecule is CCOc1ncccc1C(=O)N1CCC[C@@H](c2nc3ccccc3[nH]2)C1. The van der Waals surface area contributed by atoms with Gasteiger partial charge in [-0.3, -0.25) is 4.79 Å². The predicted octanol–water partition coefficient (Wildman–Crippen LogP) is 3.38. The second-order valence-corrected chi connectivity index (χ2v) is 6.52. The maximum absolute atomic E-state index is 13.0. The average molecular weight is 350 g/mol. The molecule has 26 heavy (non-hydrogen) atoms. The summed E-state index contributed by atoms with van der Waals surface area (Å²) in [7, 11) is 0. The normalized spacial score (nSPS) is 17.4. The highest BCUT2D eigenvalue weighted by atomic mass is 16.5. The van der Waals surface area contributed by atoms with Crippen LogP contribution in [-0.2, 0) is 0 Å². The average Bonchev–Trinajstić information content (AvgIpc) is 3.13. The molecule has 1 N–H and O–H groups in total. The summed E-state index contributed by atoms with van der Waals surface area (Å²) in [5.74, 6) is 1.56. The first-order chi connectivity index (χ1) is 12.8. The molecule has 1 aliphatic heterocycles. The number of imidazole rings is 1. The number of rotatable bonds is 4. The highest BCUT2D eigenvalue weighted by Crippen LogP contribution is 2.28. The van der Waals surface area contributed by atoms with Gasteiger partial charge >= 0.3 is 0 Å². The molecule has 1 atom stereocenters. The quantitative estimate of drug-likeness (QED) is 0.783. The van der Waals surface area contributed by atoms with Gasteiger partial charge in [-0.2, -0.15) is 0 Å². The number of para-hydroxylation sites is 2. The van der Waals surface area contributed by atoms with E-state index in [2.05, 4.69) is 9.97 Å². The number of pyridine rings is 1. The highest BCUT2D eigenvalue weighted by Gasteiger charge is 2.29. The second-order valence-electron chi connectivity index (χ2n) is 6.52. The van der Waals surface area contributed by atoms with Gasteiger partial charge in [0.2, 0.25) is 5.88 Å². The third kappa shape index (κ3) is 3.14. The molecule has 0 spiro atoms. The van der Waals surface area contributed by atoms with Gasteiger partial charge in [-0.05, 0) is 44.0 Å². The monoisotopic (exact) mass is 350 g/mol. The Kier molecular flexibility index (Phi) is 4.56. The highest BCUT2D eigenvalue weighted by molar-refractivity contribution is 5.96. The number of aromatic amines is 1. The minimum atomic E-state index is -0.0256. The van der Waals surface area contributed by atoms with Gasteiger partial charge in [-0.25, -0.2) is 9.97 Å². The van der Waals surface area contributed by atoms with Gasteiger partial charge in [0.05, 0.1) is 17.6 Å². The van der Waals surface area contributed by atoms with Crippen LogP contribution in [0.5, 0.6) is 5.88 Å². The van der Waals surface area contributed by atoms with Crippen molar-refractivity contribution in [3.05, 3.63) is 54.0 Å². The standard InChI is InChI=1S/C20H22N4O2/c1-2-26-19-15(8-5-11-21-19)20(25)24-12-6-7-14(13-24)18-22-16-9-3-4-10-17(16)23-18/h3-5,8-11,14H,2,6-7,12-13H2,1H3,(H,22,23)/t14-/m1/s1. The van der Waals surface area contributed by atoms with Crippen molar-refractivity contribution in [3.8, 4) is 5.88 Å². The summed E-state index contributed by atoms with van der Waals surface area (Å²) >= 11 is 0. The van der Waals surface area contributed by atoms with Crippen LogP contribution < -0.4 is 4.74 Å². The molecule has 0 radical (unpaired) electrons. The number of aromatic nitrogens is 3. The minimum Gasteiger partial charge on any atom is -0.477 e. The Hall–Kier alpha value is -2.89. The summed E-state index contributed by atoms with van der Waals surface area (Å²) < 4.78 is 5.52. The Morgan fingerprint density at radius 3 is 3.04 bits per heavy atom. The van der Waals surface area contributed by atoms with E-state index in [0.717, 1.165) is 36.2 Å². The van der Waals surface area contributed by atoms with Gasteiger partial charge < -0.3 is 14.6 Å². The number of H-pyrrole nitrogens is 1. The summed E-state index contributed by atoms with van der Waals surface area (Å²) in [6.45, 7) is 3.77. The van der Waals surface area contributed by atoms with Crippen molar-refractivity contribution >= 4 is 16.9 Å². The van der Waals surface area contributed by atoms with Crippen molar-refractivity contribution in [2.75, 3.05) is 19.7 Å². The number of hydrogen-bond acceptors (Lipinski definition) is 4. The maximum Gasteiger partial charge on any atom is 0.259 e. The van der Waals surface area contributed by atoms with Crippen molar-refractivity contribution in [3.63, 3.8) is 0 Å². The number of hydrogen-bond donors (Lipinski definition) is 1. The molecule has 3 aromatic rings. The van der Waals surface area contributed by atoms with E-state index < -0.39 is 0 Å². The number of ether oxygens (including phenoxy) is 1. The van der Waals surface area contributed by atoms with Crippen LogP contribution in [0, 0.1) is 0 Å². The van der Waals surface area contributed by atoms with E-state index in [9.17, 15) is 4.79 Å². The number of fused-ring (bicyclic) bond motifs is 1. The number of carbonyl (C=O) groups is 1. The lowest BCUT2D eigenvalue weighted by Crippen LogP contribution is -2.39. The smallest absolute Gasteiger partial charge is 0.259 e. The first-order valence-electron chi connectivity index (χ1n) is 9.08. The van der Waals surface area contributed by atoms with Gasteiger partial charge in [0.1, 0.15) is 11.4 Å². The van der Waals surface area contributed by atoms with Crippen LogP contribution in [0.1, 0.15) is 41.9 Å². The fourth-order valence-electron chi connectivity index (χ4n) is 3.53. The molecular weight excluding hydrogens is 328 g/mol. The number of nitrogens with zero attached hydrogens (tertiary/aromatic N) is 3. The van der Waals surface area contributed by atoms with Crippen molar-refractivity contribution in [2.45, 2.75) is 25.7 Å². The zero-order valence-corrected chi connectivity index (χ0v) is 14.8. The molecule has 6 nitrogen and oxygen atoms in total. The van der Waals surface area contributed by atoms with E-state index in [1.165, 1.54) is 0 Å². The van der Waals surface area contributed by atoms with E-state index in [1.54, 1.807) is 18.3 Å². The molecule has 1 amide bonds. The minimum absolute atomic E-state index is 0.0256. The Balaban J connectivity index is 1.56. The van der Waals surface area contributed by atoms with Crippen LogP contribution in [-0.4, -0.2) is 45.5 Å². The Bertz CT molecular complexity index is 888. The summed E-state index contributed by atoms with van der Waals surface area (Å²) in [5, 5.41) is 0. The van der Waals surface area contributed by atoms with Gasteiger partial charge in [0.25, 0.3) is 5.91 Å². The number of likely N-dealkylation sites (tertiary alicyclic amines) is 1. The number of amides is 1. The van der Waals surface area contributed by atoms with Crippen molar-refractivity contribution in [2.24, 2.45) is 0 Å². The molecule has 3 heterocycles. The summed E-state index contributed by atoms with van der Waals surface area (Å²) in [5.41, 5.74) is 2.54. The Labute approximate surface area is 152 Å². The molecule has 1 fully saturated rings. The zero-order valence-electron chi connectivity index (χ0n) is 14.8. The van der Waals surface area contributed by atoms with E-state index >= 15 is 0 Å².